The molecule has 0 aromatic carbocycles. The van der Waals surface area contributed by atoms with Crippen LogP contribution in [0.1, 0.15) is 33.3 Å². The van der Waals surface area contributed by atoms with Gasteiger partial charge >= 0.3 is 7.12 Å². The highest BCUT2D eigenvalue weighted by molar-refractivity contribution is 6.61. The highest BCUT2D eigenvalue weighted by atomic mass is 19.1. The summed E-state index contributed by atoms with van der Waals surface area (Å²) in [6.07, 6.45) is 0. The Kier molecular flexibility index (Phi) is 2.79. The molecular weight excluding hydrogens is 220 g/mol. The normalized spacial score (nSPS) is 21.9. The van der Waals surface area contributed by atoms with Crippen LogP contribution in [0.3, 0.4) is 0 Å². The smallest absolute Gasteiger partial charge is 0.398 e. The molecule has 0 unspecified atom stereocenters. The van der Waals surface area contributed by atoms with Gasteiger partial charge in [-0.2, -0.15) is 4.39 Å². The lowest BCUT2D eigenvalue weighted by Crippen LogP contribution is -2.41. The van der Waals surface area contributed by atoms with Crippen LogP contribution in [0.2, 0.25) is 0 Å². The Morgan fingerprint density at radius 2 is 1.65 bits per heavy atom. The van der Waals surface area contributed by atoms with Crippen molar-refractivity contribution in [3.63, 3.8) is 0 Å². The number of pyridine rings is 1. The number of rotatable bonds is 1. The number of hydrogen-bond donors (Lipinski definition) is 0. The van der Waals surface area contributed by atoms with Gasteiger partial charge in [-0.05, 0) is 46.2 Å². The summed E-state index contributed by atoms with van der Waals surface area (Å²) < 4.78 is 24.8. The average Bonchev–Trinajstić information content (AvgIpc) is 2.40. The predicted molar refractivity (Wildman–Crippen MR) is 64.6 cm³/mol. The highest BCUT2D eigenvalue weighted by Crippen LogP contribution is 2.36. The molecule has 0 amide bonds. The second-order valence-corrected chi connectivity index (χ2v) is 5.42. The van der Waals surface area contributed by atoms with E-state index in [4.69, 9.17) is 9.31 Å². The van der Waals surface area contributed by atoms with Crippen LogP contribution in [0.15, 0.2) is 12.1 Å². The number of aromatic nitrogens is 1. The lowest BCUT2D eigenvalue weighted by atomic mass is 9.81. The molecular formula is C12H17BFNO2. The van der Waals surface area contributed by atoms with Gasteiger partial charge in [-0.15, -0.1) is 0 Å². The van der Waals surface area contributed by atoms with Gasteiger partial charge in [0.05, 0.1) is 16.8 Å². The van der Waals surface area contributed by atoms with E-state index in [0.717, 1.165) is 5.56 Å². The van der Waals surface area contributed by atoms with Crippen molar-refractivity contribution in [1.82, 2.24) is 4.98 Å². The van der Waals surface area contributed by atoms with Crippen molar-refractivity contribution >= 4 is 12.7 Å². The van der Waals surface area contributed by atoms with Crippen LogP contribution in [0, 0.1) is 12.9 Å². The molecule has 1 aliphatic rings. The molecule has 3 nitrogen and oxygen atoms in total. The minimum atomic E-state index is -0.601. The maximum Gasteiger partial charge on any atom is 0.514 e. The predicted octanol–water partition coefficient (Wildman–Crippen LogP) is 1.83. The van der Waals surface area contributed by atoms with Gasteiger partial charge < -0.3 is 9.31 Å². The third-order valence-electron chi connectivity index (χ3n) is 3.58. The fourth-order valence-corrected chi connectivity index (χ4v) is 1.71. The average molecular weight is 237 g/mol. The van der Waals surface area contributed by atoms with E-state index < -0.39 is 24.3 Å². The molecule has 1 saturated heterocycles. The molecule has 1 aliphatic heterocycles. The molecule has 2 heterocycles. The molecule has 0 N–H and O–H groups in total. The first-order valence-corrected chi connectivity index (χ1v) is 5.72. The van der Waals surface area contributed by atoms with Crippen molar-refractivity contribution in [3.8, 4) is 0 Å². The van der Waals surface area contributed by atoms with Crippen molar-refractivity contribution < 1.29 is 13.7 Å². The molecule has 0 aliphatic carbocycles. The minimum absolute atomic E-state index is 0.432. The summed E-state index contributed by atoms with van der Waals surface area (Å²) in [6, 6.07) is 3.02. The summed E-state index contributed by atoms with van der Waals surface area (Å²) in [4.78, 5) is 3.87. The van der Waals surface area contributed by atoms with Gasteiger partial charge in [-0.3, -0.25) is 0 Å². The number of nitrogens with zero attached hydrogens (tertiary/aromatic N) is 1. The number of halogens is 1. The molecule has 17 heavy (non-hydrogen) atoms. The van der Waals surface area contributed by atoms with Crippen molar-refractivity contribution in [2.24, 2.45) is 0 Å². The van der Waals surface area contributed by atoms with E-state index in [1.165, 1.54) is 6.07 Å². The van der Waals surface area contributed by atoms with Crippen LogP contribution in [-0.4, -0.2) is 23.3 Å². The first kappa shape index (κ1) is 12.5. The molecule has 0 bridgehead atoms. The van der Waals surface area contributed by atoms with Crippen LogP contribution in [0.4, 0.5) is 4.39 Å². The van der Waals surface area contributed by atoms with Crippen LogP contribution < -0.4 is 5.59 Å². The second kappa shape index (κ2) is 3.78. The summed E-state index contributed by atoms with van der Waals surface area (Å²) in [5, 5.41) is 0. The van der Waals surface area contributed by atoms with Gasteiger partial charge in [0, 0.05) is 0 Å². The molecule has 0 spiro atoms. The summed E-state index contributed by atoms with van der Waals surface area (Å²) in [6.45, 7) is 9.71. The Morgan fingerprint density at radius 3 is 2.18 bits per heavy atom. The number of aryl methyl sites for hydroxylation is 1. The Balaban J connectivity index is 2.35. The van der Waals surface area contributed by atoms with Gasteiger partial charge in [0.2, 0.25) is 5.95 Å². The maximum atomic E-state index is 13.2. The van der Waals surface area contributed by atoms with Gasteiger partial charge in [0.15, 0.2) is 0 Å². The molecule has 92 valence electrons. The van der Waals surface area contributed by atoms with E-state index in [1.807, 2.05) is 34.6 Å². The maximum absolute atomic E-state index is 13.2. The standard InChI is InChI=1S/C12H17BFNO2/c1-8-6-7-9(14)15-10(8)13-16-11(2,3)12(4,5)17-13/h6-7H,1-5H3. The van der Waals surface area contributed by atoms with Crippen LogP contribution in [0.25, 0.3) is 0 Å². The zero-order valence-corrected chi connectivity index (χ0v) is 10.9. The number of hydrogen-bond acceptors (Lipinski definition) is 3. The highest BCUT2D eigenvalue weighted by Gasteiger charge is 2.52. The lowest BCUT2D eigenvalue weighted by Gasteiger charge is -2.32. The molecule has 1 aromatic heterocycles. The van der Waals surface area contributed by atoms with E-state index in [9.17, 15) is 4.39 Å². The van der Waals surface area contributed by atoms with Gasteiger partial charge in [-0.25, -0.2) is 4.98 Å². The molecule has 0 saturated carbocycles. The molecule has 0 atom stereocenters. The van der Waals surface area contributed by atoms with E-state index in [0.29, 0.717) is 5.59 Å². The first-order valence-electron chi connectivity index (χ1n) is 5.72. The SMILES string of the molecule is Cc1ccc(F)nc1B1OC(C)(C)C(C)(C)O1. The van der Waals surface area contributed by atoms with E-state index in [-0.39, 0.29) is 0 Å². The summed E-state index contributed by atoms with van der Waals surface area (Å²) >= 11 is 0. The quantitative estimate of drug-likeness (QED) is 0.551. The van der Waals surface area contributed by atoms with Gasteiger partial charge in [-0.1, -0.05) is 6.07 Å². The molecule has 2 rings (SSSR count). The largest absolute Gasteiger partial charge is 0.514 e. The summed E-state index contributed by atoms with van der Waals surface area (Å²) in [5.41, 5.74) is 0.518. The zero-order valence-electron chi connectivity index (χ0n) is 10.9. The topological polar surface area (TPSA) is 31.4 Å². The monoisotopic (exact) mass is 237 g/mol. The summed E-state index contributed by atoms with van der Waals surface area (Å²) in [7, 11) is -0.601. The summed E-state index contributed by atoms with van der Waals surface area (Å²) in [5.74, 6) is -0.514. The Morgan fingerprint density at radius 1 is 1.12 bits per heavy atom. The fourth-order valence-electron chi connectivity index (χ4n) is 1.71. The van der Waals surface area contributed by atoms with Crippen molar-refractivity contribution in [2.45, 2.75) is 45.8 Å². The van der Waals surface area contributed by atoms with Crippen molar-refractivity contribution in [1.29, 1.82) is 0 Å². The van der Waals surface area contributed by atoms with Crippen molar-refractivity contribution in [2.75, 3.05) is 0 Å². The third kappa shape index (κ3) is 2.09. The Bertz CT molecular complexity index is 432. The van der Waals surface area contributed by atoms with E-state index >= 15 is 0 Å². The van der Waals surface area contributed by atoms with Crippen LogP contribution in [-0.2, 0) is 9.31 Å². The molecule has 5 heteroatoms. The van der Waals surface area contributed by atoms with E-state index in [1.54, 1.807) is 6.07 Å². The zero-order chi connectivity index (χ0) is 12.8. The van der Waals surface area contributed by atoms with Crippen LogP contribution in [0.5, 0.6) is 0 Å². The fraction of sp³-hybridized carbons (Fsp3) is 0.583. The molecule has 0 radical (unpaired) electrons. The minimum Gasteiger partial charge on any atom is -0.398 e. The Labute approximate surface area is 101 Å². The second-order valence-electron chi connectivity index (χ2n) is 5.42. The van der Waals surface area contributed by atoms with Crippen LogP contribution >= 0.6 is 0 Å². The molecule has 1 fully saturated rings. The van der Waals surface area contributed by atoms with Crippen molar-refractivity contribution in [3.05, 3.63) is 23.6 Å². The lowest BCUT2D eigenvalue weighted by molar-refractivity contribution is 0.00578. The van der Waals surface area contributed by atoms with Gasteiger partial charge in [0.25, 0.3) is 0 Å². The Hall–Kier alpha value is -0.935. The van der Waals surface area contributed by atoms with Gasteiger partial charge in [0.1, 0.15) is 0 Å². The molecule has 1 aromatic rings. The third-order valence-corrected chi connectivity index (χ3v) is 3.58. The van der Waals surface area contributed by atoms with E-state index in [2.05, 4.69) is 4.98 Å². The first-order chi connectivity index (χ1) is 7.73.